The van der Waals surface area contributed by atoms with Gasteiger partial charge in [0.2, 0.25) is 0 Å². The molecule has 0 aliphatic rings. The lowest BCUT2D eigenvalue weighted by atomic mass is 9.99. The topological polar surface area (TPSA) is 76.4 Å². The number of benzene rings is 1. The van der Waals surface area contributed by atoms with Crippen LogP contribution in [0, 0.1) is 0 Å². The molecule has 0 fully saturated rings. The molecule has 0 bridgehead atoms. The molecular formula is C14H23N3O2. The first kappa shape index (κ1) is 15.3. The van der Waals surface area contributed by atoms with Gasteiger partial charge in [0, 0.05) is 24.5 Å². The van der Waals surface area contributed by atoms with Gasteiger partial charge < -0.3 is 21.1 Å². The summed E-state index contributed by atoms with van der Waals surface area (Å²) in [6, 6.07) is 7.13. The lowest BCUT2D eigenvalue weighted by molar-refractivity contribution is 0.0128. The van der Waals surface area contributed by atoms with E-state index in [1.807, 2.05) is 18.2 Å². The third-order valence-electron chi connectivity index (χ3n) is 2.89. The molecule has 1 unspecified atom stereocenters. The molecule has 5 heteroatoms. The Bertz CT molecular complexity index is 432. The largest absolute Gasteiger partial charge is 0.382 e. The highest BCUT2D eigenvalue weighted by Gasteiger charge is 2.20. The van der Waals surface area contributed by atoms with Gasteiger partial charge in [0.05, 0.1) is 5.60 Å². The van der Waals surface area contributed by atoms with Crippen molar-refractivity contribution in [2.24, 2.45) is 5.73 Å². The van der Waals surface area contributed by atoms with Crippen LogP contribution in [0.3, 0.4) is 0 Å². The van der Waals surface area contributed by atoms with Crippen molar-refractivity contribution in [3.8, 4) is 0 Å². The van der Waals surface area contributed by atoms with Crippen molar-refractivity contribution in [1.82, 2.24) is 0 Å². The Balaban J connectivity index is 2.64. The zero-order valence-corrected chi connectivity index (χ0v) is 12.0. The van der Waals surface area contributed by atoms with Gasteiger partial charge in [-0.1, -0.05) is 6.07 Å². The number of hydrogen-bond donors (Lipinski definition) is 3. The summed E-state index contributed by atoms with van der Waals surface area (Å²) in [5.41, 5.74) is 6.53. The first-order valence-electron chi connectivity index (χ1n) is 6.30. The number of nitrogens with one attached hydrogen (secondary N) is 2. The van der Waals surface area contributed by atoms with Crippen molar-refractivity contribution in [3.63, 3.8) is 0 Å². The number of carbonyl (C=O) groups is 1. The summed E-state index contributed by atoms with van der Waals surface area (Å²) in [5.74, 6) is 0. The summed E-state index contributed by atoms with van der Waals surface area (Å²) in [5, 5.41) is 5.93. The van der Waals surface area contributed by atoms with Crippen LogP contribution in [0.2, 0.25) is 0 Å². The van der Waals surface area contributed by atoms with Gasteiger partial charge in [0.1, 0.15) is 0 Å². The van der Waals surface area contributed by atoms with E-state index in [-0.39, 0.29) is 11.6 Å². The maximum Gasteiger partial charge on any atom is 0.316 e. The zero-order chi connectivity index (χ0) is 14.5. The third kappa shape index (κ3) is 5.61. The van der Waals surface area contributed by atoms with Gasteiger partial charge in [0.25, 0.3) is 0 Å². The Morgan fingerprint density at radius 2 is 2.05 bits per heavy atom. The number of methoxy groups -OCH3 is 1. The Morgan fingerprint density at radius 1 is 1.42 bits per heavy atom. The summed E-state index contributed by atoms with van der Waals surface area (Å²) in [6.07, 6.45) is 0.872. The smallest absolute Gasteiger partial charge is 0.316 e. The molecule has 0 aliphatic carbocycles. The number of ether oxygens (including phenoxy) is 1. The average Bonchev–Trinajstić information content (AvgIpc) is 2.27. The highest BCUT2D eigenvalue weighted by molar-refractivity contribution is 5.88. The standard InChI is InChI=1S/C14H23N3O2/c1-10(9-14(2,3)19-4)16-11-6-5-7-12(8-11)17-13(15)18/h5-8,10,16H,9H2,1-4H3,(H3,15,17,18). The molecule has 0 saturated carbocycles. The van der Waals surface area contributed by atoms with Gasteiger partial charge in [-0.05, 0) is 45.4 Å². The van der Waals surface area contributed by atoms with Crippen molar-refractivity contribution >= 4 is 17.4 Å². The Morgan fingerprint density at radius 3 is 2.63 bits per heavy atom. The van der Waals surface area contributed by atoms with Crippen LogP contribution >= 0.6 is 0 Å². The van der Waals surface area contributed by atoms with E-state index >= 15 is 0 Å². The Labute approximate surface area is 114 Å². The maximum absolute atomic E-state index is 10.8. The molecule has 0 heterocycles. The first-order chi connectivity index (χ1) is 8.82. The van der Waals surface area contributed by atoms with E-state index in [0.29, 0.717) is 5.69 Å². The average molecular weight is 265 g/mol. The molecule has 4 N–H and O–H groups in total. The Hall–Kier alpha value is -1.75. The van der Waals surface area contributed by atoms with Crippen molar-refractivity contribution in [2.45, 2.75) is 38.8 Å². The van der Waals surface area contributed by atoms with Gasteiger partial charge in [0.15, 0.2) is 0 Å². The first-order valence-corrected chi connectivity index (χ1v) is 6.30. The summed E-state index contributed by atoms with van der Waals surface area (Å²) < 4.78 is 5.41. The van der Waals surface area contributed by atoms with Crippen molar-refractivity contribution in [3.05, 3.63) is 24.3 Å². The minimum atomic E-state index is -0.564. The SMILES string of the molecule is COC(C)(C)CC(C)Nc1cccc(NC(N)=O)c1. The van der Waals surface area contributed by atoms with Crippen LogP contribution < -0.4 is 16.4 Å². The number of hydrogen-bond acceptors (Lipinski definition) is 3. The molecule has 5 nitrogen and oxygen atoms in total. The molecular weight excluding hydrogens is 242 g/mol. The summed E-state index contributed by atoms with van der Waals surface area (Å²) in [6.45, 7) is 6.20. The van der Waals surface area contributed by atoms with Crippen LogP contribution in [-0.4, -0.2) is 24.8 Å². The molecule has 0 aromatic heterocycles. The van der Waals surface area contributed by atoms with E-state index in [9.17, 15) is 4.79 Å². The van der Waals surface area contributed by atoms with E-state index in [1.165, 1.54) is 0 Å². The quantitative estimate of drug-likeness (QED) is 0.740. The third-order valence-corrected chi connectivity index (χ3v) is 2.89. The molecule has 1 aromatic rings. The number of carbonyl (C=O) groups excluding carboxylic acids is 1. The fourth-order valence-corrected chi connectivity index (χ4v) is 1.99. The van der Waals surface area contributed by atoms with Crippen molar-refractivity contribution in [1.29, 1.82) is 0 Å². The molecule has 0 aliphatic heterocycles. The van der Waals surface area contributed by atoms with Crippen molar-refractivity contribution in [2.75, 3.05) is 17.7 Å². The molecule has 2 amide bonds. The minimum Gasteiger partial charge on any atom is -0.382 e. The fraction of sp³-hybridized carbons (Fsp3) is 0.500. The lowest BCUT2D eigenvalue weighted by Crippen LogP contribution is -2.31. The predicted octanol–water partition coefficient (Wildman–Crippen LogP) is 2.79. The van der Waals surface area contributed by atoms with Gasteiger partial charge >= 0.3 is 6.03 Å². The van der Waals surface area contributed by atoms with Gasteiger partial charge in [-0.3, -0.25) is 0 Å². The molecule has 1 aromatic carbocycles. The number of urea groups is 1. The van der Waals surface area contributed by atoms with E-state index < -0.39 is 6.03 Å². The number of amides is 2. The lowest BCUT2D eigenvalue weighted by Gasteiger charge is -2.27. The molecule has 0 spiro atoms. The van der Waals surface area contributed by atoms with Crippen LogP contribution in [0.4, 0.5) is 16.2 Å². The second-order valence-corrected chi connectivity index (χ2v) is 5.28. The predicted molar refractivity (Wildman–Crippen MR) is 78.4 cm³/mol. The van der Waals surface area contributed by atoms with Gasteiger partial charge in [-0.25, -0.2) is 4.79 Å². The summed E-state index contributed by atoms with van der Waals surface area (Å²) in [7, 11) is 1.71. The minimum absolute atomic E-state index is 0.171. The number of rotatable bonds is 6. The van der Waals surface area contributed by atoms with Crippen LogP contribution in [0.25, 0.3) is 0 Å². The second-order valence-electron chi connectivity index (χ2n) is 5.28. The monoisotopic (exact) mass is 265 g/mol. The molecule has 106 valence electrons. The van der Waals surface area contributed by atoms with Crippen LogP contribution in [0.1, 0.15) is 27.2 Å². The zero-order valence-electron chi connectivity index (χ0n) is 12.0. The number of nitrogens with two attached hydrogens (primary N) is 1. The molecule has 0 saturated heterocycles. The van der Waals surface area contributed by atoms with E-state index in [1.54, 1.807) is 13.2 Å². The molecule has 1 atom stereocenters. The molecule has 0 radical (unpaired) electrons. The number of anilines is 2. The summed E-state index contributed by atoms with van der Waals surface area (Å²) in [4.78, 5) is 10.8. The van der Waals surface area contributed by atoms with Gasteiger partial charge in [-0.15, -0.1) is 0 Å². The van der Waals surface area contributed by atoms with E-state index in [4.69, 9.17) is 10.5 Å². The van der Waals surface area contributed by atoms with Crippen LogP contribution in [0.15, 0.2) is 24.3 Å². The highest BCUT2D eigenvalue weighted by atomic mass is 16.5. The maximum atomic E-state index is 10.8. The normalized spacial score (nSPS) is 12.8. The van der Waals surface area contributed by atoms with Crippen LogP contribution in [0.5, 0.6) is 0 Å². The van der Waals surface area contributed by atoms with Gasteiger partial charge in [-0.2, -0.15) is 0 Å². The Kier molecular flexibility index (Phi) is 5.18. The fourth-order valence-electron chi connectivity index (χ4n) is 1.99. The van der Waals surface area contributed by atoms with E-state index in [0.717, 1.165) is 12.1 Å². The number of primary amides is 1. The summed E-state index contributed by atoms with van der Waals surface area (Å²) >= 11 is 0. The van der Waals surface area contributed by atoms with E-state index in [2.05, 4.69) is 31.4 Å². The van der Waals surface area contributed by atoms with Crippen molar-refractivity contribution < 1.29 is 9.53 Å². The molecule has 19 heavy (non-hydrogen) atoms. The molecule has 1 rings (SSSR count). The second kappa shape index (κ2) is 6.43. The highest BCUT2D eigenvalue weighted by Crippen LogP contribution is 2.20. The van der Waals surface area contributed by atoms with Crippen LogP contribution in [-0.2, 0) is 4.74 Å².